The molecule has 1 heterocycles. The van der Waals surface area contributed by atoms with E-state index in [9.17, 15) is 4.79 Å². The first kappa shape index (κ1) is 14.5. The minimum atomic E-state index is -0.232. The molecule has 0 atom stereocenters. The first-order valence-corrected chi connectivity index (χ1v) is 6.75. The van der Waals surface area contributed by atoms with Gasteiger partial charge in [-0.25, -0.2) is 9.97 Å². The molecular weight excluding hydrogens is 278 g/mol. The summed E-state index contributed by atoms with van der Waals surface area (Å²) in [7, 11) is 1.39. The van der Waals surface area contributed by atoms with Crippen LogP contribution in [0, 0.1) is 0 Å². The van der Waals surface area contributed by atoms with Gasteiger partial charge in [-0.3, -0.25) is 4.79 Å². The lowest BCUT2D eigenvalue weighted by Crippen LogP contribution is -2.27. The first-order valence-electron chi connectivity index (χ1n) is 6.37. The van der Waals surface area contributed by atoms with Gasteiger partial charge in [0.1, 0.15) is 12.1 Å². The van der Waals surface area contributed by atoms with Crippen molar-refractivity contribution in [3.05, 3.63) is 29.5 Å². The highest BCUT2D eigenvalue weighted by Crippen LogP contribution is 2.25. The minimum absolute atomic E-state index is 0.232. The summed E-state index contributed by atoms with van der Waals surface area (Å²) in [5.74, 6) is 0.572. The van der Waals surface area contributed by atoms with E-state index in [1.807, 2.05) is 24.0 Å². The molecule has 0 fully saturated rings. The van der Waals surface area contributed by atoms with Crippen molar-refractivity contribution < 1.29 is 9.53 Å². The van der Waals surface area contributed by atoms with Crippen LogP contribution in [0.15, 0.2) is 24.5 Å². The van der Waals surface area contributed by atoms with E-state index in [0.717, 1.165) is 23.3 Å². The summed E-state index contributed by atoms with van der Waals surface area (Å²) >= 11 is 5.97. The number of methoxy groups -OCH3 is 1. The molecule has 0 saturated heterocycles. The van der Waals surface area contributed by atoms with Crippen LogP contribution in [0.3, 0.4) is 0 Å². The zero-order chi connectivity index (χ0) is 14.5. The molecule has 0 amide bonds. The molecule has 0 unspecified atom stereocenters. The third-order valence-corrected chi connectivity index (χ3v) is 3.31. The monoisotopic (exact) mass is 293 g/mol. The third kappa shape index (κ3) is 3.17. The summed E-state index contributed by atoms with van der Waals surface area (Å²) in [4.78, 5) is 21.8. The zero-order valence-electron chi connectivity index (χ0n) is 11.5. The first-order chi connectivity index (χ1) is 9.65. The van der Waals surface area contributed by atoms with Gasteiger partial charge in [-0.15, -0.1) is 0 Å². The molecular formula is C14H16ClN3O2. The fraction of sp³-hybridized carbons (Fsp3) is 0.357. The molecule has 0 spiro atoms. The quantitative estimate of drug-likeness (QED) is 0.793. The van der Waals surface area contributed by atoms with Crippen LogP contribution in [0.4, 0.5) is 5.82 Å². The Hall–Kier alpha value is -1.88. The number of fused-ring (bicyclic) bond motifs is 1. The zero-order valence-corrected chi connectivity index (χ0v) is 12.2. The van der Waals surface area contributed by atoms with E-state index in [1.165, 1.54) is 13.4 Å². The number of halogens is 1. The topological polar surface area (TPSA) is 55.3 Å². The molecule has 0 N–H and O–H groups in total. The fourth-order valence-electron chi connectivity index (χ4n) is 2.01. The Balaban J connectivity index is 2.32. The Bertz CT molecular complexity index is 618. The number of aromatic nitrogens is 2. The van der Waals surface area contributed by atoms with Gasteiger partial charge in [0.15, 0.2) is 0 Å². The summed E-state index contributed by atoms with van der Waals surface area (Å²) in [5.41, 5.74) is 0.791. The van der Waals surface area contributed by atoms with Crippen LogP contribution in [0.5, 0.6) is 0 Å². The summed E-state index contributed by atoms with van der Waals surface area (Å²) < 4.78 is 4.67. The molecule has 1 aromatic heterocycles. The average Bonchev–Trinajstić information content (AvgIpc) is 2.47. The second-order valence-electron chi connectivity index (χ2n) is 4.26. The molecule has 0 radical (unpaired) electrons. The molecule has 0 aliphatic heterocycles. The maximum atomic E-state index is 11.3. The van der Waals surface area contributed by atoms with Crippen molar-refractivity contribution in [1.29, 1.82) is 0 Å². The molecule has 0 bridgehead atoms. The number of rotatable bonds is 5. The number of nitrogens with zero attached hydrogens (tertiary/aromatic N) is 3. The maximum Gasteiger partial charge on any atom is 0.307 e. The van der Waals surface area contributed by atoms with Gasteiger partial charge >= 0.3 is 5.97 Å². The standard InChI is InChI=1S/C14H16ClN3O2/c1-3-18(7-6-13(19)20-2)14-11-5-4-10(15)8-12(11)16-9-17-14/h4-5,8-9H,3,6-7H2,1-2H3. The highest BCUT2D eigenvalue weighted by atomic mass is 35.5. The third-order valence-electron chi connectivity index (χ3n) is 3.07. The van der Waals surface area contributed by atoms with Crippen molar-refractivity contribution in [2.45, 2.75) is 13.3 Å². The lowest BCUT2D eigenvalue weighted by atomic mass is 10.2. The van der Waals surface area contributed by atoms with Crippen LogP contribution in [0.2, 0.25) is 5.02 Å². The number of hydrogen-bond acceptors (Lipinski definition) is 5. The summed E-state index contributed by atoms with van der Waals surface area (Å²) in [6, 6.07) is 5.51. The van der Waals surface area contributed by atoms with E-state index < -0.39 is 0 Å². The van der Waals surface area contributed by atoms with E-state index in [2.05, 4.69) is 14.7 Å². The Morgan fingerprint density at radius 2 is 2.20 bits per heavy atom. The number of carbonyl (C=O) groups is 1. The van der Waals surface area contributed by atoms with Gasteiger partial charge in [0.25, 0.3) is 0 Å². The van der Waals surface area contributed by atoms with Gasteiger partial charge in [0.2, 0.25) is 0 Å². The van der Waals surface area contributed by atoms with E-state index in [1.54, 1.807) is 6.07 Å². The average molecular weight is 294 g/mol. The van der Waals surface area contributed by atoms with Gasteiger partial charge in [0.05, 0.1) is 19.0 Å². The van der Waals surface area contributed by atoms with E-state index in [0.29, 0.717) is 18.0 Å². The molecule has 6 heteroatoms. The lowest BCUT2D eigenvalue weighted by Gasteiger charge is -2.22. The van der Waals surface area contributed by atoms with Crippen molar-refractivity contribution >= 4 is 34.3 Å². The van der Waals surface area contributed by atoms with Gasteiger partial charge in [-0.2, -0.15) is 0 Å². The highest BCUT2D eigenvalue weighted by Gasteiger charge is 2.12. The van der Waals surface area contributed by atoms with Crippen molar-refractivity contribution in [2.75, 3.05) is 25.1 Å². The molecule has 1 aromatic carbocycles. The van der Waals surface area contributed by atoms with Gasteiger partial charge in [0, 0.05) is 23.5 Å². The normalized spacial score (nSPS) is 10.6. The molecule has 0 aliphatic carbocycles. The molecule has 106 valence electrons. The molecule has 2 aromatic rings. The number of esters is 1. The molecule has 0 saturated carbocycles. The second kappa shape index (κ2) is 6.52. The Kier molecular flexibility index (Phi) is 4.74. The number of hydrogen-bond donors (Lipinski definition) is 0. The second-order valence-corrected chi connectivity index (χ2v) is 4.70. The van der Waals surface area contributed by atoms with Gasteiger partial charge in [-0.1, -0.05) is 11.6 Å². The van der Waals surface area contributed by atoms with Crippen LogP contribution in [-0.2, 0) is 9.53 Å². The SMILES string of the molecule is CCN(CCC(=O)OC)c1ncnc2cc(Cl)ccc12. The van der Waals surface area contributed by atoms with E-state index in [-0.39, 0.29) is 5.97 Å². The van der Waals surface area contributed by atoms with Gasteiger partial charge < -0.3 is 9.64 Å². The predicted octanol–water partition coefficient (Wildman–Crippen LogP) is 2.67. The summed E-state index contributed by atoms with van der Waals surface area (Å²) in [6.07, 6.45) is 1.83. The molecule has 5 nitrogen and oxygen atoms in total. The number of anilines is 1. The molecule has 20 heavy (non-hydrogen) atoms. The van der Waals surface area contributed by atoms with Crippen molar-refractivity contribution in [3.8, 4) is 0 Å². The lowest BCUT2D eigenvalue weighted by molar-refractivity contribution is -0.140. The fourth-order valence-corrected chi connectivity index (χ4v) is 2.18. The maximum absolute atomic E-state index is 11.3. The van der Waals surface area contributed by atoms with E-state index >= 15 is 0 Å². The smallest absolute Gasteiger partial charge is 0.307 e. The van der Waals surface area contributed by atoms with E-state index in [4.69, 9.17) is 11.6 Å². The Labute approximate surface area is 122 Å². The van der Waals surface area contributed by atoms with Crippen LogP contribution in [0.25, 0.3) is 10.9 Å². The molecule has 2 rings (SSSR count). The molecule has 0 aliphatic rings. The Morgan fingerprint density at radius 3 is 2.90 bits per heavy atom. The van der Waals surface area contributed by atoms with Crippen LogP contribution < -0.4 is 4.90 Å². The largest absolute Gasteiger partial charge is 0.469 e. The number of ether oxygens (including phenoxy) is 1. The minimum Gasteiger partial charge on any atom is -0.469 e. The van der Waals surface area contributed by atoms with Crippen molar-refractivity contribution in [2.24, 2.45) is 0 Å². The summed E-state index contributed by atoms with van der Waals surface area (Å²) in [6.45, 7) is 3.31. The predicted molar refractivity (Wildman–Crippen MR) is 79.1 cm³/mol. The van der Waals surface area contributed by atoms with Crippen LogP contribution >= 0.6 is 11.6 Å². The number of benzene rings is 1. The highest BCUT2D eigenvalue weighted by molar-refractivity contribution is 6.31. The van der Waals surface area contributed by atoms with Crippen molar-refractivity contribution in [1.82, 2.24) is 9.97 Å². The summed E-state index contributed by atoms with van der Waals surface area (Å²) in [5, 5.41) is 1.56. The Morgan fingerprint density at radius 1 is 1.40 bits per heavy atom. The number of carbonyl (C=O) groups excluding carboxylic acids is 1. The van der Waals surface area contributed by atoms with Crippen LogP contribution in [-0.4, -0.2) is 36.1 Å². The van der Waals surface area contributed by atoms with Crippen LogP contribution in [0.1, 0.15) is 13.3 Å². The van der Waals surface area contributed by atoms with Gasteiger partial charge in [-0.05, 0) is 25.1 Å². The van der Waals surface area contributed by atoms with Crippen molar-refractivity contribution in [3.63, 3.8) is 0 Å².